The van der Waals surface area contributed by atoms with Crippen molar-refractivity contribution < 1.29 is 18.1 Å². The molecule has 4 rings (SSSR count). The van der Waals surface area contributed by atoms with Gasteiger partial charge in [0.25, 0.3) is 5.69 Å². The first-order valence-corrected chi connectivity index (χ1v) is 11.9. The number of nitro groups is 1. The number of ether oxygens (including phenoxy) is 1. The summed E-state index contributed by atoms with van der Waals surface area (Å²) in [7, 11) is -3.82. The zero-order valence-corrected chi connectivity index (χ0v) is 18.8. The Bertz CT molecular complexity index is 1220. The van der Waals surface area contributed by atoms with Crippen LogP contribution in [0.15, 0.2) is 65.6 Å². The van der Waals surface area contributed by atoms with E-state index >= 15 is 0 Å². The van der Waals surface area contributed by atoms with Gasteiger partial charge in [0, 0.05) is 43.9 Å². The van der Waals surface area contributed by atoms with Crippen LogP contribution in [0.5, 0.6) is 5.75 Å². The molecule has 0 spiro atoms. The first-order chi connectivity index (χ1) is 15.9. The van der Waals surface area contributed by atoms with E-state index in [0.29, 0.717) is 25.5 Å². The summed E-state index contributed by atoms with van der Waals surface area (Å²) in [6.45, 7) is 3.89. The van der Waals surface area contributed by atoms with Gasteiger partial charge in [-0.15, -0.1) is 10.2 Å². The highest BCUT2D eigenvalue weighted by molar-refractivity contribution is 7.89. The summed E-state index contributed by atoms with van der Waals surface area (Å²) in [6.07, 6.45) is 0. The molecule has 0 unspecified atom stereocenters. The third-order valence-corrected chi connectivity index (χ3v) is 7.24. The number of piperazine rings is 1. The Kier molecular flexibility index (Phi) is 6.52. The Morgan fingerprint density at radius 2 is 1.73 bits per heavy atom. The number of anilines is 1. The molecule has 1 fully saturated rings. The Morgan fingerprint density at radius 3 is 2.33 bits per heavy atom. The molecule has 0 aliphatic carbocycles. The van der Waals surface area contributed by atoms with Gasteiger partial charge < -0.3 is 9.64 Å². The quantitative estimate of drug-likeness (QED) is 0.383. The first kappa shape index (κ1) is 22.6. The summed E-state index contributed by atoms with van der Waals surface area (Å²) in [5.74, 6) is 1.46. The fourth-order valence-electron chi connectivity index (χ4n) is 3.60. The highest BCUT2D eigenvalue weighted by Crippen LogP contribution is 2.25. The number of nitro benzene ring substituents is 1. The van der Waals surface area contributed by atoms with Crippen LogP contribution in [0.3, 0.4) is 0 Å². The second kappa shape index (κ2) is 9.51. The fraction of sp³-hybridized carbons (Fsp3) is 0.273. The third-order valence-electron chi connectivity index (χ3n) is 5.34. The van der Waals surface area contributed by atoms with Crippen molar-refractivity contribution in [2.75, 3.05) is 37.7 Å². The summed E-state index contributed by atoms with van der Waals surface area (Å²) in [5, 5.41) is 19.6. The van der Waals surface area contributed by atoms with Gasteiger partial charge in [0.2, 0.25) is 10.0 Å². The van der Waals surface area contributed by atoms with Gasteiger partial charge in [-0.1, -0.05) is 6.07 Å². The van der Waals surface area contributed by atoms with E-state index in [-0.39, 0.29) is 23.7 Å². The monoisotopic (exact) mass is 469 g/mol. The average Bonchev–Trinajstić information content (AvgIpc) is 2.85. The van der Waals surface area contributed by atoms with E-state index in [1.54, 1.807) is 0 Å². The standard InChI is InChI=1S/C22H23N5O5S/c1-2-32-19-8-6-17(7-9-19)21-10-11-22(24-23-21)25-12-14-26(15-13-25)33(30,31)20-5-3-4-18(16-20)27(28)29/h3-11,16H,2,12-15H2,1H3. The lowest BCUT2D eigenvalue weighted by Crippen LogP contribution is -2.49. The second-order valence-electron chi connectivity index (χ2n) is 7.38. The predicted molar refractivity (Wildman–Crippen MR) is 123 cm³/mol. The van der Waals surface area contributed by atoms with Gasteiger partial charge in [0.1, 0.15) is 5.75 Å². The van der Waals surface area contributed by atoms with Crippen LogP contribution >= 0.6 is 0 Å². The normalized spacial score (nSPS) is 14.8. The van der Waals surface area contributed by atoms with Crippen molar-refractivity contribution >= 4 is 21.5 Å². The summed E-state index contributed by atoms with van der Waals surface area (Å²) in [4.78, 5) is 12.3. The molecule has 33 heavy (non-hydrogen) atoms. The van der Waals surface area contributed by atoms with E-state index in [1.165, 1.54) is 22.5 Å². The summed E-state index contributed by atoms with van der Waals surface area (Å²) < 4.78 is 32.6. The number of nitrogens with zero attached hydrogens (tertiary/aromatic N) is 5. The van der Waals surface area contributed by atoms with Crippen LogP contribution in [0.25, 0.3) is 11.3 Å². The maximum atomic E-state index is 12.9. The van der Waals surface area contributed by atoms with Crippen molar-refractivity contribution in [1.82, 2.24) is 14.5 Å². The zero-order chi connectivity index (χ0) is 23.4. The minimum atomic E-state index is -3.82. The van der Waals surface area contributed by atoms with E-state index in [4.69, 9.17) is 4.74 Å². The van der Waals surface area contributed by atoms with Crippen molar-refractivity contribution in [1.29, 1.82) is 0 Å². The molecule has 1 aliphatic rings. The van der Waals surface area contributed by atoms with Crippen molar-refractivity contribution in [2.24, 2.45) is 0 Å². The molecule has 0 N–H and O–H groups in total. The molecule has 2 heterocycles. The van der Waals surface area contributed by atoms with E-state index in [9.17, 15) is 18.5 Å². The van der Waals surface area contributed by atoms with Crippen LogP contribution < -0.4 is 9.64 Å². The van der Waals surface area contributed by atoms with Crippen LogP contribution in [0.4, 0.5) is 11.5 Å². The van der Waals surface area contributed by atoms with Crippen LogP contribution in [-0.2, 0) is 10.0 Å². The number of hydrogen-bond donors (Lipinski definition) is 0. The molecule has 1 saturated heterocycles. The van der Waals surface area contributed by atoms with Gasteiger partial charge >= 0.3 is 0 Å². The second-order valence-corrected chi connectivity index (χ2v) is 9.32. The molecular weight excluding hydrogens is 446 g/mol. The minimum absolute atomic E-state index is 0.0790. The molecule has 0 saturated carbocycles. The molecular formula is C22H23N5O5S. The Labute approximate surface area is 191 Å². The maximum absolute atomic E-state index is 12.9. The molecule has 1 aliphatic heterocycles. The highest BCUT2D eigenvalue weighted by Gasteiger charge is 2.30. The molecule has 172 valence electrons. The molecule has 11 heteroatoms. The molecule has 10 nitrogen and oxygen atoms in total. The number of rotatable bonds is 7. The van der Waals surface area contributed by atoms with Crippen LogP contribution in [0, 0.1) is 10.1 Å². The summed E-state index contributed by atoms with van der Waals surface area (Å²) >= 11 is 0. The lowest BCUT2D eigenvalue weighted by atomic mass is 10.1. The minimum Gasteiger partial charge on any atom is -0.494 e. The lowest BCUT2D eigenvalue weighted by Gasteiger charge is -2.34. The van der Waals surface area contributed by atoms with E-state index < -0.39 is 14.9 Å². The third kappa shape index (κ3) is 4.94. The van der Waals surface area contributed by atoms with Gasteiger partial charge in [-0.2, -0.15) is 4.31 Å². The van der Waals surface area contributed by atoms with Gasteiger partial charge in [-0.05, 0) is 49.4 Å². The van der Waals surface area contributed by atoms with E-state index in [0.717, 1.165) is 23.1 Å². The van der Waals surface area contributed by atoms with Crippen molar-refractivity contribution in [3.63, 3.8) is 0 Å². The Balaban J connectivity index is 1.41. The van der Waals surface area contributed by atoms with Crippen LogP contribution in [0.2, 0.25) is 0 Å². The van der Waals surface area contributed by atoms with Crippen molar-refractivity contribution in [2.45, 2.75) is 11.8 Å². The summed E-state index contributed by atoms with van der Waals surface area (Å²) in [6, 6.07) is 16.5. The van der Waals surface area contributed by atoms with Gasteiger partial charge in [-0.3, -0.25) is 10.1 Å². The molecule has 0 bridgehead atoms. The Hall–Kier alpha value is -3.57. The smallest absolute Gasteiger partial charge is 0.270 e. The lowest BCUT2D eigenvalue weighted by molar-refractivity contribution is -0.385. The van der Waals surface area contributed by atoms with Gasteiger partial charge in [-0.25, -0.2) is 8.42 Å². The highest BCUT2D eigenvalue weighted by atomic mass is 32.2. The molecule has 1 aromatic heterocycles. The zero-order valence-electron chi connectivity index (χ0n) is 18.0. The number of hydrogen-bond acceptors (Lipinski definition) is 8. The first-order valence-electron chi connectivity index (χ1n) is 10.4. The molecule has 2 aromatic carbocycles. The summed E-state index contributed by atoms with van der Waals surface area (Å²) in [5.41, 5.74) is 1.40. The maximum Gasteiger partial charge on any atom is 0.270 e. The van der Waals surface area contributed by atoms with Crippen LogP contribution in [0.1, 0.15) is 6.92 Å². The Morgan fingerprint density at radius 1 is 1.00 bits per heavy atom. The SMILES string of the molecule is CCOc1ccc(-c2ccc(N3CCN(S(=O)(=O)c4cccc([N+](=O)[O-])c4)CC3)nn2)cc1. The molecule has 0 radical (unpaired) electrons. The van der Waals surface area contributed by atoms with Crippen LogP contribution in [-0.4, -0.2) is 60.6 Å². The predicted octanol–water partition coefficient (Wildman–Crippen LogP) is 2.96. The number of non-ortho nitro benzene ring substituents is 1. The number of aromatic nitrogens is 2. The van der Waals surface area contributed by atoms with Crippen molar-refractivity contribution in [3.8, 4) is 17.0 Å². The number of sulfonamides is 1. The molecule has 0 atom stereocenters. The van der Waals surface area contributed by atoms with Gasteiger partial charge in [0.05, 0.1) is 22.1 Å². The largest absolute Gasteiger partial charge is 0.494 e. The molecule has 0 amide bonds. The van der Waals surface area contributed by atoms with Gasteiger partial charge in [0.15, 0.2) is 5.82 Å². The topological polar surface area (TPSA) is 119 Å². The molecule has 3 aromatic rings. The van der Waals surface area contributed by atoms with Crippen molar-refractivity contribution in [3.05, 3.63) is 70.8 Å². The van der Waals surface area contributed by atoms with E-state index in [1.807, 2.05) is 48.2 Å². The number of benzene rings is 2. The average molecular weight is 470 g/mol. The fourth-order valence-corrected chi connectivity index (χ4v) is 5.06. The van der Waals surface area contributed by atoms with E-state index in [2.05, 4.69) is 10.2 Å².